The molecule has 0 amide bonds. The summed E-state index contributed by atoms with van der Waals surface area (Å²) >= 11 is 0. The minimum atomic E-state index is -0.523. The van der Waals surface area contributed by atoms with Gasteiger partial charge in [-0.25, -0.2) is 8.78 Å². The number of nitrogens with zero attached hydrogens (tertiary/aromatic N) is 1. The van der Waals surface area contributed by atoms with Crippen molar-refractivity contribution in [2.45, 2.75) is 6.54 Å². The lowest BCUT2D eigenvalue weighted by molar-refractivity contribution is 0.610. The first-order valence-electron chi connectivity index (χ1n) is 5.37. The topological polar surface area (TPSA) is 35.8 Å². The summed E-state index contributed by atoms with van der Waals surface area (Å²) in [6.45, 7) is 0.190. The smallest absolute Gasteiger partial charge is 0.147 e. The quantitative estimate of drug-likeness (QED) is 0.897. The fourth-order valence-electron chi connectivity index (χ4n) is 1.56. The summed E-state index contributed by atoms with van der Waals surface area (Å²) in [6, 6.07) is 12.3. The van der Waals surface area contributed by atoms with Gasteiger partial charge in [0.2, 0.25) is 0 Å². The van der Waals surface area contributed by atoms with E-state index >= 15 is 0 Å². The minimum Gasteiger partial charge on any atom is -0.378 e. The minimum absolute atomic E-state index is 0.190. The first-order chi connectivity index (χ1) is 8.70. The zero-order valence-electron chi connectivity index (χ0n) is 9.45. The molecule has 1 N–H and O–H groups in total. The van der Waals surface area contributed by atoms with Crippen molar-refractivity contribution in [1.82, 2.24) is 0 Å². The molecule has 90 valence electrons. The first-order valence-corrected chi connectivity index (χ1v) is 5.37. The summed E-state index contributed by atoms with van der Waals surface area (Å²) in [7, 11) is 0. The number of rotatable bonds is 3. The van der Waals surface area contributed by atoms with Gasteiger partial charge >= 0.3 is 0 Å². The molecule has 0 unspecified atom stereocenters. The molecule has 0 fully saturated rings. The first kappa shape index (κ1) is 12.1. The van der Waals surface area contributed by atoms with E-state index in [2.05, 4.69) is 5.32 Å². The molecule has 4 heteroatoms. The third kappa shape index (κ3) is 2.64. The second kappa shape index (κ2) is 5.28. The molecule has 18 heavy (non-hydrogen) atoms. The summed E-state index contributed by atoms with van der Waals surface area (Å²) in [4.78, 5) is 0. The number of hydrogen-bond acceptors (Lipinski definition) is 2. The van der Waals surface area contributed by atoms with Crippen LogP contribution in [0.5, 0.6) is 0 Å². The SMILES string of the molecule is N#Cc1ccc(NCc2ccccc2F)c(F)c1. The van der Waals surface area contributed by atoms with Crippen LogP contribution in [0.2, 0.25) is 0 Å². The second-order valence-electron chi connectivity index (χ2n) is 3.75. The van der Waals surface area contributed by atoms with Crippen molar-refractivity contribution in [2.24, 2.45) is 0 Å². The van der Waals surface area contributed by atoms with Gasteiger partial charge in [-0.2, -0.15) is 5.26 Å². The molecule has 0 spiro atoms. The van der Waals surface area contributed by atoms with E-state index in [9.17, 15) is 8.78 Å². The van der Waals surface area contributed by atoms with Gasteiger partial charge in [0.25, 0.3) is 0 Å². The number of benzene rings is 2. The van der Waals surface area contributed by atoms with Gasteiger partial charge in [-0.3, -0.25) is 0 Å². The van der Waals surface area contributed by atoms with Crippen molar-refractivity contribution < 1.29 is 8.78 Å². The fraction of sp³-hybridized carbons (Fsp3) is 0.0714. The Kier molecular flexibility index (Phi) is 3.54. The molecule has 0 aliphatic carbocycles. The Balaban J connectivity index is 2.12. The maximum Gasteiger partial charge on any atom is 0.147 e. The van der Waals surface area contributed by atoms with Crippen LogP contribution >= 0.6 is 0 Å². The van der Waals surface area contributed by atoms with Gasteiger partial charge in [-0.05, 0) is 24.3 Å². The van der Waals surface area contributed by atoms with Gasteiger partial charge in [0.05, 0.1) is 17.3 Å². The van der Waals surface area contributed by atoms with Crippen LogP contribution in [0.4, 0.5) is 14.5 Å². The maximum atomic E-state index is 13.5. The van der Waals surface area contributed by atoms with E-state index in [1.54, 1.807) is 18.2 Å². The van der Waals surface area contributed by atoms with Gasteiger partial charge < -0.3 is 5.32 Å². The summed E-state index contributed by atoms with van der Waals surface area (Å²) < 4.78 is 26.9. The molecule has 2 rings (SSSR count). The van der Waals surface area contributed by atoms with E-state index in [1.165, 1.54) is 18.2 Å². The van der Waals surface area contributed by atoms with Crippen LogP contribution in [-0.2, 0) is 6.54 Å². The second-order valence-corrected chi connectivity index (χ2v) is 3.75. The van der Waals surface area contributed by atoms with Gasteiger partial charge in [0, 0.05) is 12.1 Å². The van der Waals surface area contributed by atoms with Crippen molar-refractivity contribution in [1.29, 1.82) is 5.26 Å². The zero-order chi connectivity index (χ0) is 13.0. The van der Waals surface area contributed by atoms with Gasteiger partial charge in [-0.15, -0.1) is 0 Å². The van der Waals surface area contributed by atoms with Crippen molar-refractivity contribution in [3.8, 4) is 6.07 Å². The Morgan fingerprint density at radius 3 is 2.50 bits per heavy atom. The van der Waals surface area contributed by atoms with Crippen LogP contribution in [0.3, 0.4) is 0 Å². The number of anilines is 1. The normalized spacial score (nSPS) is 9.83. The average Bonchev–Trinajstić information content (AvgIpc) is 2.39. The van der Waals surface area contributed by atoms with E-state index < -0.39 is 5.82 Å². The molecule has 0 atom stereocenters. The molecule has 0 aliphatic rings. The predicted molar refractivity (Wildman–Crippen MR) is 64.8 cm³/mol. The monoisotopic (exact) mass is 244 g/mol. The lowest BCUT2D eigenvalue weighted by Gasteiger charge is -2.08. The maximum absolute atomic E-state index is 13.5. The highest BCUT2D eigenvalue weighted by molar-refractivity contribution is 5.49. The third-order valence-electron chi connectivity index (χ3n) is 2.53. The van der Waals surface area contributed by atoms with E-state index in [-0.39, 0.29) is 23.6 Å². The number of nitriles is 1. The van der Waals surface area contributed by atoms with Gasteiger partial charge in [0.1, 0.15) is 11.6 Å². The Hall–Kier alpha value is -2.41. The van der Waals surface area contributed by atoms with Crippen LogP contribution in [0.1, 0.15) is 11.1 Å². The molecule has 0 bridgehead atoms. The number of halogens is 2. The molecule has 2 aromatic rings. The van der Waals surface area contributed by atoms with Gasteiger partial charge in [0.15, 0.2) is 0 Å². The van der Waals surface area contributed by atoms with E-state index in [1.807, 2.05) is 6.07 Å². The summed E-state index contributed by atoms with van der Waals surface area (Å²) in [6.07, 6.45) is 0. The van der Waals surface area contributed by atoms with Crippen molar-refractivity contribution in [3.63, 3.8) is 0 Å². The lowest BCUT2D eigenvalue weighted by Crippen LogP contribution is -2.03. The van der Waals surface area contributed by atoms with Crippen LogP contribution in [0.25, 0.3) is 0 Å². The predicted octanol–water partition coefficient (Wildman–Crippen LogP) is 3.45. The standard InChI is InChI=1S/C14H10F2N2/c15-12-4-2-1-3-11(12)9-18-14-6-5-10(8-17)7-13(14)16/h1-7,18H,9H2. The van der Waals surface area contributed by atoms with Crippen molar-refractivity contribution >= 4 is 5.69 Å². The van der Waals surface area contributed by atoms with Crippen LogP contribution in [-0.4, -0.2) is 0 Å². The van der Waals surface area contributed by atoms with Crippen LogP contribution < -0.4 is 5.32 Å². The van der Waals surface area contributed by atoms with E-state index in [0.717, 1.165) is 6.07 Å². The molecule has 0 saturated heterocycles. The molecular weight excluding hydrogens is 234 g/mol. The lowest BCUT2D eigenvalue weighted by atomic mass is 10.2. The molecule has 2 aromatic carbocycles. The molecular formula is C14H10F2N2. The van der Waals surface area contributed by atoms with E-state index in [4.69, 9.17) is 5.26 Å². The molecule has 0 aromatic heterocycles. The summed E-state index contributed by atoms with van der Waals surface area (Å²) in [5.74, 6) is -0.857. The molecule has 0 heterocycles. The highest BCUT2D eigenvalue weighted by Gasteiger charge is 2.05. The molecule has 0 saturated carbocycles. The van der Waals surface area contributed by atoms with Crippen molar-refractivity contribution in [2.75, 3.05) is 5.32 Å². The van der Waals surface area contributed by atoms with Crippen LogP contribution in [0.15, 0.2) is 42.5 Å². The fourth-order valence-corrected chi connectivity index (χ4v) is 1.56. The van der Waals surface area contributed by atoms with E-state index in [0.29, 0.717) is 5.56 Å². The number of nitrogens with one attached hydrogen (secondary N) is 1. The number of hydrogen-bond donors (Lipinski definition) is 1. The molecule has 0 radical (unpaired) electrons. The Labute approximate surface area is 103 Å². The van der Waals surface area contributed by atoms with Crippen LogP contribution in [0, 0.1) is 23.0 Å². The largest absolute Gasteiger partial charge is 0.378 e. The Morgan fingerprint density at radius 2 is 1.83 bits per heavy atom. The third-order valence-corrected chi connectivity index (χ3v) is 2.53. The summed E-state index contributed by atoms with van der Waals surface area (Å²) in [5, 5.41) is 11.4. The highest BCUT2D eigenvalue weighted by atomic mass is 19.1. The molecule has 2 nitrogen and oxygen atoms in total. The van der Waals surface area contributed by atoms with Crippen molar-refractivity contribution in [3.05, 3.63) is 65.2 Å². The Morgan fingerprint density at radius 1 is 1.06 bits per heavy atom. The highest BCUT2D eigenvalue weighted by Crippen LogP contribution is 2.17. The molecule has 0 aliphatic heterocycles. The summed E-state index contributed by atoms with van der Waals surface area (Å²) in [5.41, 5.74) is 0.961. The van der Waals surface area contributed by atoms with Gasteiger partial charge in [-0.1, -0.05) is 18.2 Å². The zero-order valence-corrected chi connectivity index (χ0v) is 9.45. The Bertz CT molecular complexity index is 603. The average molecular weight is 244 g/mol.